The van der Waals surface area contributed by atoms with Crippen LogP contribution in [0.3, 0.4) is 0 Å². The fourth-order valence-electron chi connectivity index (χ4n) is 3.02. The molecule has 0 saturated heterocycles. The quantitative estimate of drug-likeness (QED) is 0.600. The molecule has 6 nitrogen and oxygen atoms in total. The Morgan fingerprint density at radius 2 is 1.66 bits per heavy atom. The second-order valence-electron chi connectivity index (χ2n) is 7.25. The van der Waals surface area contributed by atoms with Crippen molar-refractivity contribution >= 4 is 17.6 Å². The van der Waals surface area contributed by atoms with Gasteiger partial charge in [0.1, 0.15) is 0 Å². The molecule has 0 radical (unpaired) electrons. The number of carbonyl (C=O) groups is 2. The lowest BCUT2D eigenvalue weighted by atomic mass is 10.1. The molecule has 2 rings (SSSR count). The van der Waals surface area contributed by atoms with E-state index in [1.54, 1.807) is 24.3 Å². The Morgan fingerprint density at radius 1 is 0.966 bits per heavy atom. The van der Waals surface area contributed by atoms with Gasteiger partial charge < -0.3 is 16.0 Å². The average Bonchev–Trinajstić information content (AvgIpc) is 2.70. The summed E-state index contributed by atoms with van der Waals surface area (Å²) in [5, 5.41) is 8.51. The molecular weight excluding hydrogens is 364 g/mol. The molecule has 0 aliphatic carbocycles. The number of hydrogen-bond acceptors (Lipinski definition) is 3. The SMILES string of the molecule is CCN(CC)Cc1ccccc1CNC(=O)c1cccc(NC(=O)NC(C)C)c1. The summed E-state index contributed by atoms with van der Waals surface area (Å²) in [6.07, 6.45) is 0. The summed E-state index contributed by atoms with van der Waals surface area (Å²) in [4.78, 5) is 26.8. The first-order chi connectivity index (χ1) is 13.9. The van der Waals surface area contributed by atoms with E-state index in [9.17, 15) is 9.59 Å². The third kappa shape index (κ3) is 7.23. The molecule has 0 spiro atoms. The first-order valence-corrected chi connectivity index (χ1v) is 10.2. The molecule has 29 heavy (non-hydrogen) atoms. The van der Waals surface area contributed by atoms with Gasteiger partial charge in [-0.05, 0) is 56.3 Å². The van der Waals surface area contributed by atoms with E-state index in [2.05, 4.69) is 40.8 Å². The van der Waals surface area contributed by atoms with Crippen molar-refractivity contribution in [2.75, 3.05) is 18.4 Å². The van der Waals surface area contributed by atoms with Crippen molar-refractivity contribution in [3.05, 3.63) is 65.2 Å². The van der Waals surface area contributed by atoms with Crippen molar-refractivity contribution < 1.29 is 9.59 Å². The summed E-state index contributed by atoms with van der Waals surface area (Å²) in [5.41, 5.74) is 3.42. The zero-order valence-corrected chi connectivity index (χ0v) is 17.8. The molecule has 2 aromatic carbocycles. The molecule has 0 saturated carbocycles. The summed E-state index contributed by atoms with van der Waals surface area (Å²) in [6, 6.07) is 14.9. The highest BCUT2D eigenvalue weighted by atomic mass is 16.2. The van der Waals surface area contributed by atoms with Gasteiger partial charge >= 0.3 is 6.03 Å². The normalized spacial score (nSPS) is 10.8. The Hall–Kier alpha value is -2.86. The minimum absolute atomic E-state index is 0.0397. The number of nitrogens with zero attached hydrogens (tertiary/aromatic N) is 1. The predicted octanol–water partition coefficient (Wildman–Crippen LogP) is 3.99. The lowest BCUT2D eigenvalue weighted by Gasteiger charge is -2.20. The predicted molar refractivity (Wildman–Crippen MR) is 118 cm³/mol. The standard InChI is InChI=1S/C23H32N4O2/c1-5-27(6-2)16-20-11-8-7-10-19(20)15-24-22(28)18-12-9-13-21(14-18)26-23(29)25-17(3)4/h7-14,17H,5-6,15-16H2,1-4H3,(H,24,28)(H2,25,26,29). The molecule has 0 atom stereocenters. The summed E-state index contributed by atoms with van der Waals surface area (Å²) in [5.74, 6) is -0.171. The fraction of sp³-hybridized carbons (Fsp3) is 0.391. The van der Waals surface area contributed by atoms with E-state index < -0.39 is 0 Å². The van der Waals surface area contributed by atoms with Crippen LogP contribution in [0.25, 0.3) is 0 Å². The van der Waals surface area contributed by atoms with E-state index in [1.165, 1.54) is 5.56 Å². The van der Waals surface area contributed by atoms with Gasteiger partial charge in [-0.25, -0.2) is 4.79 Å². The zero-order valence-electron chi connectivity index (χ0n) is 17.8. The molecule has 3 amide bonds. The minimum Gasteiger partial charge on any atom is -0.348 e. The molecule has 3 N–H and O–H groups in total. The fourth-order valence-corrected chi connectivity index (χ4v) is 3.02. The third-order valence-electron chi connectivity index (χ3n) is 4.65. The van der Waals surface area contributed by atoms with Crippen LogP contribution < -0.4 is 16.0 Å². The van der Waals surface area contributed by atoms with Crippen molar-refractivity contribution in [2.45, 2.75) is 46.8 Å². The summed E-state index contributed by atoms with van der Waals surface area (Å²) in [7, 11) is 0. The van der Waals surface area contributed by atoms with Crippen LogP contribution in [0.1, 0.15) is 49.2 Å². The van der Waals surface area contributed by atoms with Crippen LogP contribution in [0, 0.1) is 0 Å². The Morgan fingerprint density at radius 3 is 2.31 bits per heavy atom. The number of hydrogen-bond donors (Lipinski definition) is 3. The first kappa shape index (κ1) is 22.4. The van der Waals surface area contributed by atoms with E-state index in [-0.39, 0.29) is 18.0 Å². The Labute approximate surface area is 173 Å². The highest BCUT2D eigenvalue weighted by molar-refractivity contribution is 5.96. The molecule has 6 heteroatoms. The van der Waals surface area contributed by atoms with Gasteiger partial charge in [0.15, 0.2) is 0 Å². The second kappa shape index (κ2) is 11.2. The molecule has 0 aliphatic heterocycles. The summed E-state index contributed by atoms with van der Waals surface area (Å²) in [6.45, 7) is 11.4. The maximum absolute atomic E-state index is 12.6. The monoisotopic (exact) mass is 396 g/mol. The maximum atomic E-state index is 12.6. The largest absolute Gasteiger partial charge is 0.348 e. The lowest BCUT2D eigenvalue weighted by Crippen LogP contribution is -2.34. The van der Waals surface area contributed by atoms with Crippen LogP contribution in [0.4, 0.5) is 10.5 Å². The van der Waals surface area contributed by atoms with E-state index in [4.69, 9.17) is 0 Å². The van der Waals surface area contributed by atoms with Crippen molar-refractivity contribution in [1.82, 2.24) is 15.5 Å². The Bertz CT molecular complexity index is 816. The lowest BCUT2D eigenvalue weighted by molar-refractivity contribution is 0.0950. The zero-order chi connectivity index (χ0) is 21.2. The van der Waals surface area contributed by atoms with Crippen LogP contribution in [0.2, 0.25) is 0 Å². The summed E-state index contributed by atoms with van der Waals surface area (Å²) >= 11 is 0. The van der Waals surface area contributed by atoms with E-state index >= 15 is 0 Å². The molecular formula is C23H32N4O2. The topological polar surface area (TPSA) is 73.5 Å². The summed E-state index contributed by atoms with van der Waals surface area (Å²) < 4.78 is 0. The third-order valence-corrected chi connectivity index (χ3v) is 4.65. The van der Waals surface area contributed by atoms with E-state index in [1.807, 2.05) is 32.0 Å². The number of rotatable bonds is 9. The average molecular weight is 397 g/mol. The molecule has 0 fully saturated rings. The number of benzene rings is 2. The second-order valence-corrected chi connectivity index (χ2v) is 7.25. The van der Waals surface area contributed by atoms with Gasteiger partial charge in [0.05, 0.1) is 0 Å². The van der Waals surface area contributed by atoms with Crippen LogP contribution in [-0.4, -0.2) is 36.0 Å². The Balaban J connectivity index is 2.01. The smallest absolute Gasteiger partial charge is 0.319 e. The molecule has 0 aliphatic rings. The number of urea groups is 1. The van der Waals surface area contributed by atoms with Gasteiger partial charge in [-0.15, -0.1) is 0 Å². The first-order valence-electron chi connectivity index (χ1n) is 10.2. The molecule has 0 unspecified atom stereocenters. The van der Waals surface area contributed by atoms with Gasteiger partial charge in [0, 0.05) is 30.4 Å². The van der Waals surface area contributed by atoms with Crippen molar-refractivity contribution in [1.29, 1.82) is 0 Å². The maximum Gasteiger partial charge on any atom is 0.319 e. The van der Waals surface area contributed by atoms with Crippen LogP contribution in [0.5, 0.6) is 0 Å². The number of amides is 3. The molecule has 156 valence electrons. The molecule has 0 bridgehead atoms. The highest BCUT2D eigenvalue weighted by Crippen LogP contribution is 2.14. The van der Waals surface area contributed by atoms with Crippen molar-refractivity contribution in [2.24, 2.45) is 0 Å². The van der Waals surface area contributed by atoms with Crippen molar-refractivity contribution in [3.8, 4) is 0 Å². The van der Waals surface area contributed by atoms with Gasteiger partial charge in [-0.2, -0.15) is 0 Å². The molecule has 0 heterocycles. The minimum atomic E-state index is -0.289. The van der Waals surface area contributed by atoms with Gasteiger partial charge in [-0.3, -0.25) is 9.69 Å². The molecule has 0 aromatic heterocycles. The highest BCUT2D eigenvalue weighted by Gasteiger charge is 2.11. The van der Waals surface area contributed by atoms with Gasteiger partial charge in [-0.1, -0.05) is 44.2 Å². The van der Waals surface area contributed by atoms with Crippen LogP contribution >= 0.6 is 0 Å². The van der Waals surface area contributed by atoms with Gasteiger partial charge in [0.25, 0.3) is 5.91 Å². The van der Waals surface area contributed by atoms with E-state index in [0.717, 1.165) is 25.2 Å². The number of nitrogens with one attached hydrogen (secondary N) is 3. The van der Waals surface area contributed by atoms with Gasteiger partial charge in [0.2, 0.25) is 0 Å². The van der Waals surface area contributed by atoms with Crippen LogP contribution in [-0.2, 0) is 13.1 Å². The number of anilines is 1. The Kier molecular flexibility index (Phi) is 8.68. The van der Waals surface area contributed by atoms with E-state index in [0.29, 0.717) is 17.8 Å². The number of carbonyl (C=O) groups excluding carboxylic acids is 2. The van der Waals surface area contributed by atoms with Crippen molar-refractivity contribution in [3.63, 3.8) is 0 Å². The van der Waals surface area contributed by atoms with Crippen LogP contribution in [0.15, 0.2) is 48.5 Å². The molecule has 2 aromatic rings.